The number of nitrogens with zero attached hydrogens (tertiary/aromatic N) is 4. The smallest absolute Gasteiger partial charge is 0.343 e. The van der Waals surface area contributed by atoms with Crippen LogP contribution in [0.2, 0.25) is 0 Å². The predicted molar refractivity (Wildman–Crippen MR) is 327 cm³/mol. The van der Waals surface area contributed by atoms with Crippen molar-refractivity contribution in [2.45, 2.75) is 11.3 Å². The lowest BCUT2D eigenvalue weighted by molar-refractivity contribution is 0.0725. The maximum atomic E-state index is 13.7. The van der Waals surface area contributed by atoms with Crippen molar-refractivity contribution >= 4 is 46.7 Å². The quantitative estimate of drug-likeness (QED) is 0.0631. The van der Waals surface area contributed by atoms with E-state index in [1.807, 2.05) is 60.7 Å². The van der Waals surface area contributed by atoms with Crippen molar-refractivity contribution in [1.29, 1.82) is 0 Å². The molecule has 10 aromatic rings. The highest BCUT2D eigenvalue weighted by Crippen LogP contribution is 2.58. The molecule has 10 aromatic carbocycles. The van der Waals surface area contributed by atoms with Crippen molar-refractivity contribution in [2.24, 2.45) is 20.0 Å². The molecule has 12 rings (SSSR count). The summed E-state index contributed by atoms with van der Waals surface area (Å²) in [6.45, 7) is 0. The van der Waals surface area contributed by atoms with Gasteiger partial charge in [0, 0.05) is 33.4 Å². The molecule has 2 heterocycles. The van der Waals surface area contributed by atoms with Crippen LogP contribution in [0.15, 0.2) is 287 Å². The van der Waals surface area contributed by atoms with E-state index in [-0.39, 0.29) is 22.3 Å². The van der Waals surface area contributed by atoms with E-state index in [9.17, 15) is 19.2 Å². The summed E-state index contributed by atoms with van der Waals surface area (Å²) in [6, 6.07) is 77.3. The summed E-state index contributed by atoms with van der Waals surface area (Å²) in [5, 5.41) is 0. The van der Waals surface area contributed by atoms with Crippen LogP contribution in [-0.4, -0.2) is 60.9 Å². The Bertz CT molecular complexity index is 3780. The molecule has 14 nitrogen and oxygen atoms in total. The number of methoxy groups -OCH3 is 2. The normalized spacial score (nSPS) is 13.7. The molecule has 0 N–H and O–H groups in total. The molecule has 418 valence electrons. The van der Waals surface area contributed by atoms with E-state index in [4.69, 9.17) is 48.4 Å². The lowest BCUT2D eigenvalue weighted by atomic mass is 9.81. The average Bonchev–Trinajstić information content (AvgIpc) is 1.74. The molecular weight excluding hydrogens is 1080 g/mol. The summed E-state index contributed by atoms with van der Waals surface area (Å²) >= 11 is 0. The zero-order valence-electron chi connectivity index (χ0n) is 46.3. The molecule has 86 heavy (non-hydrogen) atoms. The molecule has 0 fully saturated rings. The maximum absolute atomic E-state index is 13.7. The van der Waals surface area contributed by atoms with Crippen LogP contribution in [-0.2, 0) is 11.3 Å². The molecule has 0 radical (unpaired) electrons. The number of carbonyl (C=O) groups excluding carboxylic acids is 4. The average molecular weight is 1130 g/mol. The van der Waals surface area contributed by atoms with Gasteiger partial charge >= 0.3 is 23.9 Å². The van der Waals surface area contributed by atoms with Crippen LogP contribution in [0, 0.1) is 0 Å². The molecule has 14 heteroatoms. The first-order valence-corrected chi connectivity index (χ1v) is 27.3. The summed E-state index contributed by atoms with van der Waals surface area (Å²) in [6.07, 6.45) is 0. The molecule has 0 saturated carbocycles. The molecular formula is C72H50N4O10. The van der Waals surface area contributed by atoms with Crippen molar-refractivity contribution in [2.75, 3.05) is 14.2 Å². The SMILES string of the molecule is COc1ccccc1C1(C2(c3ccccc3OC)N=C(c3ccc(C(=O)Oc4ccccc4)cc3)C(c3ccc(C(=O)Oc4ccccc4)cc3)=N2)N=C(c2ccc(C(=O)Oc3ccccc3)cc2)C(c2ccc(C(=O)Oc3ccccc3)cc2)=N1. The van der Waals surface area contributed by atoms with E-state index < -0.39 is 35.2 Å². The first-order chi connectivity index (χ1) is 42.1. The summed E-state index contributed by atoms with van der Waals surface area (Å²) in [7, 11) is 3.11. The van der Waals surface area contributed by atoms with Crippen LogP contribution < -0.4 is 28.4 Å². The van der Waals surface area contributed by atoms with Gasteiger partial charge in [-0.05, 0) is 109 Å². The number of para-hydroxylation sites is 6. The Balaban J connectivity index is 1.09. The number of hydrogen-bond acceptors (Lipinski definition) is 14. The Morgan fingerprint density at radius 3 is 0.698 bits per heavy atom. The zero-order chi connectivity index (χ0) is 59.0. The summed E-state index contributed by atoms with van der Waals surface area (Å²) in [5.74, 6) is 0.0231. The highest BCUT2D eigenvalue weighted by atomic mass is 16.5. The number of rotatable bonds is 17. The third-order valence-electron chi connectivity index (χ3n) is 14.4. The van der Waals surface area contributed by atoms with Gasteiger partial charge < -0.3 is 28.4 Å². The minimum atomic E-state index is -1.96. The number of hydrogen-bond donors (Lipinski definition) is 0. The summed E-state index contributed by atoms with van der Waals surface area (Å²) < 4.78 is 35.5. The number of esters is 4. The third-order valence-corrected chi connectivity index (χ3v) is 14.4. The van der Waals surface area contributed by atoms with E-state index in [1.165, 1.54) is 0 Å². The molecule has 0 aliphatic carbocycles. The Labute approximate surface area is 494 Å². The molecule has 0 atom stereocenters. The maximum Gasteiger partial charge on any atom is 0.343 e. The summed E-state index contributed by atoms with van der Waals surface area (Å²) in [5.41, 5.74) is 1.67. The van der Waals surface area contributed by atoms with Gasteiger partial charge in [0.2, 0.25) is 11.3 Å². The van der Waals surface area contributed by atoms with Gasteiger partial charge in [0.05, 0.1) is 59.3 Å². The van der Waals surface area contributed by atoms with Crippen LogP contribution in [0.5, 0.6) is 34.5 Å². The lowest BCUT2D eigenvalue weighted by Crippen LogP contribution is -2.43. The van der Waals surface area contributed by atoms with E-state index in [1.54, 1.807) is 220 Å². The van der Waals surface area contributed by atoms with Gasteiger partial charge in [-0.1, -0.05) is 158 Å². The highest BCUT2D eigenvalue weighted by Gasteiger charge is 2.62. The minimum absolute atomic E-state index is 0.274. The lowest BCUT2D eigenvalue weighted by Gasteiger charge is -2.39. The van der Waals surface area contributed by atoms with Gasteiger partial charge in [-0.15, -0.1) is 0 Å². The second-order valence-electron chi connectivity index (χ2n) is 19.7. The van der Waals surface area contributed by atoms with Crippen LogP contribution in [0.1, 0.15) is 74.8 Å². The van der Waals surface area contributed by atoms with E-state index in [0.29, 0.717) is 90.7 Å². The monoisotopic (exact) mass is 1130 g/mol. The van der Waals surface area contributed by atoms with Gasteiger partial charge in [-0.2, -0.15) is 0 Å². The van der Waals surface area contributed by atoms with Crippen LogP contribution in [0.4, 0.5) is 0 Å². The van der Waals surface area contributed by atoms with Crippen LogP contribution in [0.3, 0.4) is 0 Å². The first kappa shape index (κ1) is 54.9. The third kappa shape index (κ3) is 11.0. The molecule has 0 aromatic heterocycles. The Morgan fingerprint density at radius 1 is 0.267 bits per heavy atom. The standard InChI is InChI=1S/C72H50N4O10/c1-81-61-29-17-15-27-59(61)71(73-63(47-31-39-51(40-32-47)67(77)83-55-19-7-3-8-20-55)64(74-71)48-33-41-52(42-34-48)68(78)84-56-21-9-4-10-22-56)72(60-28-16-18-30-62(60)82-2)75-65(49-35-43-53(44-36-49)69(79)85-57-23-11-5-12-24-57)66(76-72)50-37-45-54(46-38-50)70(80)86-58-25-13-6-14-26-58/h3-46H,1-2H3. The second kappa shape index (κ2) is 24.1. The van der Waals surface area contributed by atoms with Crippen LogP contribution >= 0.6 is 0 Å². The van der Waals surface area contributed by atoms with Gasteiger partial charge in [0.1, 0.15) is 34.5 Å². The Hall–Kier alpha value is -11.6. The number of ether oxygens (including phenoxy) is 6. The first-order valence-electron chi connectivity index (χ1n) is 27.3. The van der Waals surface area contributed by atoms with Crippen molar-refractivity contribution in [3.63, 3.8) is 0 Å². The van der Waals surface area contributed by atoms with Crippen molar-refractivity contribution in [1.82, 2.24) is 0 Å². The molecule has 2 aliphatic heterocycles. The van der Waals surface area contributed by atoms with E-state index in [0.717, 1.165) is 0 Å². The predicted octanol–water partition coefficient (Wildman–Crippen LogP) is 13.6. The molecule has 0 bridgehead atoms. The molecule has 0 spiro atoms. The molecule has 0 unspecified atom stereocenters. The van der Waals surface area contributed by atoms with Crippen molar-refractivity contribution < 1.29 is 47.6 Å². The van der Waals surface area contributed by atoms with Gasteiger partial charge in [-0.25, -0.2) is 39.1 Å². The van der Waals surface area contributed by atoms with Crippen molar-refractivity contribution in [3.8, 4) is 34.5 Å². The highest BCUT2D eigenvalue weighted by molar-refractivity contribution is 6.56. The van der Waals surface area contributed by atoms with Crippen molar-refractivity contribution in [3.05, 3.63) is 323 Å². The van der Waals surface area contributed by atoms with E-state index >= 15 is 0 Å². The minimum Gasteiger partial charge on any atom is -0.496 e. The fourth-order valence-corrected chi connectivity index (χ4v) is 10.2. The number of aliphatic imine (C=N–C) groups is 4. The zero-order valence-corrected chi connectivity index (χ0v) is 46.3. The fourth-order valence-electron chi connectivity index (χ4n) is 10.2. The fraction of sp³-hybridized carbons (Fsp3) is 0.0556. The van der Waals surface area contributed by atoms with Gasteiger partial charge in [-0.3, -0.25) is 0 Å². The topological polar surface area (TPSA) is 173 Å². The second-order valence-corrected chi connectivity index (χ2v) is 19.7. The van der Waals surface area contributed by atoms with Gasteiger partial charge in [0.25, 0.3) is 0 Å². The number of carbonyl (C=O) groups is 4. The number of benzene rings is 10. The van der Waals surface area contributed by atoms with Crippen LogP contribution in [0.25, 0.3) is 0 Å². The Morgan fingerprint density at radius 2 is 0.477 bits per heavy atom. The molecule has 0 amide bonds. The summed E-state index contributed by atoms with van der Waals surface area (Å²) in [4.78, 5) is 78.0. The van der Waals surface area contributed by atoms with Gasteiger partial charge in [0.15, 0.2) is 0 Å². The molecule has 2 aliphatic rings. The Kier molecular flexibility index (Phi) is 15.4. The van der Waals surface area contributed by atoms with E-state index in [2.05, 4.69) is 0 Å². The molecule has 0 saturated heterocycles. The largest absolute Gasteiger partial charge is 0.496 e.